The lowest BCUT2D eigenvalue weighted by Crippen LogP contribution is -2.50. The molecule has 2 N–H and O–H groups in total. The molecule has 0 aliphatic carbocycles. The van der Waals surface area contributed by atoms with E-state index >= 15 is 0 Å². The quantitative estimate of drug-likeness (QED) is 0.504. The molecule has 0 aromatic heterocycles. The van der Waals surface area contributed by atoms with Crippen molar-refractivity contribution in [2.75, 3.05) is 11.9 Å². The molecule has 2 atom stereocenters. The van der Waals surface area contributed by atoms with E-state index in [-0.39, 0.29) is 12.3 Å². The van der Waals surface area contributed by atoms with E-state index in [2.05, 4.69) is 5.32 Å². The van der Waals surface area contributed by atoms with Gasteiger partial charge in [0.15, 0.2) is 0 Å². The van der Waals surface area contributed by atoms with Crippen LogP contribution in [0.25, 0.3) is 0 Å². The summed E-state index contributed by atoms with van der Waals surface area (Å²) in [5, 5.41) is 31.0. The molecule has 0 aliphatic rings. The van der Waals surface area contributed by atoms with Crippen LogP contribution in [0.5, 0.6) is 5.75 Å². The summed E-state index contributed by atoms with van der Waals surface area (Å²) in [6, 6.07) is 12.2. The number of anilines is 1. The van der Waals surface area contributed by atoms with Gasteiger partial charge in [0.25, 0.3) is 5.91 Å². The number of alkyl halides is 3. The molecule has 2 aromatic rings. The third-order valence-electron chi connectivity index (χ3n) is 4.22. The highest BCUT2D eigenvalue weighted by atomic mass is 19.4. The number of rotatable bonds is 7. The number of esters is 1. The van der Waals surface area contributed by atoms with Crippen LogP contribution >= 0.6 is 0 Å². The maximum absolute atomic E-state index is 13.2. The molecule has 31 heavy (non-hydrogen) atoms. The number of ether oxygens (including phenoxy) is 2. The maximum atomic E-state index is 13.2. The van der Waals surface area contributed by atoms with Crippen LogP contribution in [-0.2, 0) is 15.7 Å². The van der Waals surface area contributed by atoms with Gasteiger partial charge in [0.2, 0.25) is 0 Å². The van der Waals surface area contributed by atoms with Crippen LogP contribution in [0.3, 0.4) is 0 Å². The zero-order valence-corrected chi connectivity index (χ0v) is 16.5. The molecule has 0 amide bonds. The topological polar surface area (TPSA) is 115 Å². The number of halogens is 3. The Labute approximate surface area is 176 Å². The van der Waals surface area contributed by atoms with Crippen LogP contribution in [0.1, 0.15) is 30.5 Å². The first-order valence-electron chi connectivity index (χ1n) is 8.93. The van der Waals surface area contributed by atoms with Gasteiger partial charge in [-0.05, 0) is 42.5 Å². The average Bonchev–Trinajstić information content (AvgIpc) is 2.71. The number of nitriles is 2. The Morgan fingerprint density at radius 3 is 2.32 bits per heavy atom. The minimum Gasteiger partial charge on any atom is -0.493 e. The zero-order chi connectivity index (χ0) is 23.2. The lowest BCUT2D eigenvalue weighted by molar-refractivity contribution is -0.216. The highest BCUT2D eigenvalue weighted by Gasteiger charge is 2.40. The number of hydrogen-bond donors (Lipinski definition) is 2. The highest BCUT2D eigenvalue weighted by molar-refractivity contribution is 5.67. The molecule has 0 saturated carbocycles. The van der Waals surface area contributed by atoms with E-state index in [9.17, 15) is 23.1 Å². The number of nitrogens with one attached hydrogen (secondary N) is 1. The van der Waals surface area contributed by atoms with Gasteiger partial charge in [-0.3, -0.25) is 4.79 Å². The number of hydrogen-bond acceptors (Lipinski definition) is 7. The van der Waals surface area contributed by atoms with Crippen molar-refractivity contribution < 1.29 is 32.5 Å². The molecule has 0 unspecified atom stereocenters. The maximum Gasteiger partial charge on any atom is 0.417 e. The molecule has 0 saturated heterocycles. The van der Waals surface area contributed by atoms with Gasteiger partial charge in [0.1, 0.15) is 5.75 Å². The second-order valence-corrected chi connectivity index (χ2v) is 6.63. The Hall–Kier alpha value is -3.76. The van der Waals surface area contributed by atoms with Crippen molar-refractivity contribution in [2.45, 2.75) is 25.9 Å². The van der Waals surface area contributed by atoms with Crippen LogP contribution in [0.2, 0.25) is 0 Å². The van der Waals surface area contributed by atoms with Crippen LogP contribution in [0.4, 0.5) is 18.9 Å². The summed E-state index contributed by atoms with van der Waals surface area (Å²) in [7, 11) is 0. The molecule has 2 rings (SSSR count). The lowest BCUT2D eigenvalue weighted by atomic mass is 10.0. The SMILES string of the molecule is CC(=O)O[C@](O)(Nc1ccc(C#N)c(C(F)(F)F)c1)[C@@H](C)COc1ccc(C#N)cc1. The van der Waals surface area contributed by atoms with E-state index in [0.29, 0.717) is 17.4 Å². The van der Waals surface area contributed by atoms with Crippen molar-refractivity contribution in [2.24, 2.45) is 5.92 Å². The molecule has 0 heterocycles. The average molecular weight is 433 g/mol. The molecule has 0 spiro atoms. The molecule has 0 bridgehead atoms. The van der Waals surface area contributed by atoms with Gasteiger partial charge in [-0.2, -0.15) is 23.7 Å². The van der Waals surface area contributed by atoms with Gasteiger partial charge in [-0.15, -0.1) is 0 Å². The summed E-state index contributed by atoms with van der Waals surface area (Å²) in [6.07, 6.45) is -4.80. The Kier molecular flexibility index (Phi) is 7.11. The monoisotopic (exact) mass is 433 g/mol. The van der Waals surface area contributed by atoms with Crippen LogP contribution in [-0.4, -0.2) is 23.6 Å². The number of benzene rings is 2. The summed E-state index contributed by atoms with van der Waals surface area (Å²) in [5.74, 6) is -3.87. The van der Waals surface area contributed by atoms with Crippen LogP contribution < -0.4 is 10.1 Å². The summed E-state index contributed by atoms with van der Waals surface area (Å²) in [6.45, 7) is 2.29. The molecule has 10 heteroatoms. The van der Waals surface area contributed by atoms with Crippen molar-refractivity contribution in [1.29, 1.82) is 10.5 Å². The number of carbonyl (C=O) groups excluding carboxylic acids is 1. The minimum atomic E-state index is -4.80. The molecular formula is C21H18F3N3O4. The van der Waals surface area contributed by atoms with Gasteiger partial charge in [0.05, 0.1) is 41.4 Å². The predicted octanol–water partition coefficient (Wildman–Crippen LogP) is 3.78. The van der Waals surface area contributed by atoms with E-state index in [1.54, 1.807) is 0 Å². The zero-order valence-electron chi connectivity index (χ0n) is 16.5. The molecular weight excluding hydrogens is 415 g/mol. The smallest absolute Gasteiger partial charge is 0.417 e. The largest absolute Gasteiger partial charge is 0.493 e. The van der Waals surface area contributed by atoms with Gasteiger partial charge >= 0.3 is 12.1 Å². The van der Waals surface area contributed by atoms with E-state index < -0.39 is 35.1 Å². The third-order valence-corrected chi connectivity index (χ3v) is 4.22. The lowest BCUT2D eigenvalue weighted by Gasteiger charge is -2.34. The Morgan fingerprint density at radius 2 is 1.81 bits per heavy atom. The van der Waals surface area contributed by atoms with E-state index in [1.807, 2.05) is 6.07 Å². The summed E-state index contributed by atoms with van der Waals surface area (Å²) >= 11 is 0. The molecule has 162 valence electrons. The standard InChI is InChI=1S/C21H18F3N3O4/c1-13(12-30-18-7-3-15(10-25)4-8-18)21(29,31-14(2)28)27-17-6-5-16(11-26)19(9-17)20(22,23)24/h3-9,13,27,29H,12H2,1-2H3/t13-,21-/m0/s1. The minimum absolute atomic E-state index is 0.189. The van der Waals surface area contributed by atoms with Crippen molar-refractivity contribution in [3.63, 3.8) is 0 Å². The first-order valence-corrected chi connectivity index (χ1v) is 8.93. The second-order valence-electron chi connectivity index (χ2n) is 6.63. The van der Waals surface area contributed by atoms with Crippen molar-refractivity contribution >= 4 is 11.7 Å². The Balaban J connectivity index is 2.25. The van der Waals surface area contributed by atoms with Gasteiger partial charge < -0.3 is 19.9 Å². The van der Waals surface area contributed by atoms with Crippen LogP contribution in [0.15, 0.2) is 42.5 Å². The normalized spacial score (nSPS) is 13.8. The van der Waals surface area contributed by atoms with E-state index in [0.717, 1.165) is 19.1 Å². The molecule has 0 fully saturated rings. The first-order chi connectivity index (χ1) is 14.5. The number of carbonyl (C=O) groups is 1. The van der Waals surface area contributed by atoms with Gasteiger partial charge in [0, 0.05) is 12.6 Å². The number of nitrogens with zero attached hydrogens (tertiary/aromatic N) is 2. The molecule has 7 nitrogen and oxygen atoms in total. The van der Waals surface area contributed by atoms with Crippen LogP contribution in [0, 0.1) is 28.6 Å². The summed E-state index contributed by atoms with van der Waals surface area (Å²) in [4.78, 5) is 11.5. The summed E-state index contributed by atoms with van der Waals surface area (Å²) < 4.78 is 50.1. The number of aliphatic hydroxyl groups is 1. The fourth-order valence-corrected chi connectivity index (χ4v) is 2.59. The molecule has 0 aliphatic heterocycles. The third kappa shape index (κ3) is 6.11. The van der Waals surface area contributed by atoms with Crippen molar-refractivity contribution in [3.8, 4) is 17.9 Å². The Morgan fingerprint density at radius 1 is 1.16 bits per heavy atom. The van der Waals surface area contributed by atoms with E-state index in [4.69, 9.17) is 20.0 Å². The predicted molar refractivity (Wildman–Crippen MR) is 102 cm³/mol. The molecule has 2 aromatic carbocycles. The van der Waals surface area contributed by atoms with Crippen molar-refractivity contribution in [3.05, 3.63) is 59.2 Å². The highest BCUT2D eigenvalue weighted by Crippen LogP contribution is 2.34. The summed E-state index contributed by atoms with van der Waals surface area (Å²) in [5.41, 5.74) is -1.60. The van der Waals surface area contributed by atoms with E-state index in [1.165, 1.54) is 37.3 Å². The van der Waals surface area contributed by atoms with Crippen molar-refractivity contribution in [1.82, 2.24) is 0 Å². The second kappa shape index (κ2) is 9.37. The van der Waals surface area contributed by atoms with Gasteiger partial charge in [-0.25, -0.2) is 0 Å². The first kappa shape index (κ1) is 23.5. The molecule has 0 radical (unpaired) electrons. The fourth-order valence-electron chi connectivity index (χ4n) is 2.59. The Bertz CT molecular complexity index is 1030. The fraction of sp³-hybridized carbons (Fsp3) is 0.286. The van der Waals surface area contributed by atoms with Gasteiger partial charge in [-0.1, -0.05) is 6.92 Å².